The average Bonchev–Trinajstić information content (AvgIpc) is 2.98. The molecule has 0 bridgehead atoms. The summed E-state index contributed by atoms with van der Waals surface area (Å²) in [6, 6.07) is 8.61. The van der Waals surface area contributed by atoms with Crippen LogP contribution in [-0.4, -0.2) is 36.6 Å². The van der Waals surface area contributed by atoms with Gasteiger partial charge in [0.15, 0.2) is 5.92 Å². The monoisotopic (exact) mass is 349 g/mol. The van der Waals surface area contributed by atoms with Crippen LogP contribution in [0.5, 0.6) is 0 Å². The second kappa shape index (κ2) is 8.27. The van der Waals surface area contributed by atoms with Crippen LogP contribution in [-0.2, 0) is 19.1 Å². The summed E-state index contributed by atoms with van der Waals surface area (Å²) >= 11 is 0. The first-order valence-electron chi connectivity index (χ1n) is 7.91. The van der Waals surface area contributed by atoms with E-state index >= 15 is 0 Å². The van der Waals surface area contributed by atoms with Gasteiger partial charge in [0, 0.05) is 10.3 Å². The van der Waals surface area contributed by atoms with Crippen molar-refractivity contribution >= 4 is 22.9 Å². The number of nitrogens with zero attached hydrogens (tertiary/aromatic N) is 1. The van der Waals surface area contributed by atoms with Gasteiger partial charge in [-0.25, -0.2) is 0 Å². The van der Waals surface area contributed by atoms with E-state index in [1.165, 1.54) is 0 Å². The highest BCUT2D eigenvalue weighted by Crippen LogP contribution is 2.32. The van der Waals surface area contributed by atoms with Crippen LogP contribution < -0.4 is 0 Å². The van der Waals surface area contributed by atoms with E-state index in [1.54, 1.807) is 44.2 Å². The normalized spacial score (nSPS) is 12.1. The van der Waals surface area contributed by atoms with Gasteiger partial charge in [-0.15, -0.1) is 0 Å². The van der Waals surface area contributed by atoms with Gasteiger partial charge in [0.05, 0.1) is 13.2 Å². The van der Waals surface area contributed by atoms with E-state index in [0.29, 0.717) is 5.58 Å². The first kappa shape index (κ1) is 18.4. The Kier molecular flexibility index (Phi) is 6.10. The summed E-state index contributed by atoms with van der Waals surface area (Å²) in [5, 5.41) is 11.8. The predicted molar refractivity (Wildman–Crippen MR) is 87.6 cm³/mol. The molecule has 0 radical (unpaired) electrons. The van der Waals surface area contributed by atoms with Crippen LogP contribution in [0.15, 0.2) is 34.7 Å². The topological polar surface area (TPSA) is 109 Å². The number of benzene rings is 1. The fourth-order valence-electron chi connectivity index (χ4n) is 2.59. The summed E-state index contributed by atoms with van der Waals surface area (Å²) in [4.78, 5) is 35.1. The molecule has 134 valence electrons. The van der Waals surface area contributed by atoms with E-state index in [0.717, 1.165) is 5.39 Å². The van der Waals surface area contributed by atoms with Gasteiger partial charge >= 0.3 is 11.9 Å². The molecule has 1 atom stereocenters. The van der Waals surface area contributed by atoms with Crippen molar-refractivity contribution in [2.24, 2.45) is 5.92 Å². The number of nitro groups is 1. The van der Waals surface area contributed by atoms with Crippen LogP contribution in [0.25, 0.3) is 11.0 Å². The van der Waals surface area contributed by atoms with E-state index in [4.69, 9.17) is 13.9 Å². The van der Waals surface area contributed by atoms with Crippen molar-refractivity contribution in [3.63, 3.8) is 0 Å². The molecule has 1 aromatic carbocycles. The molecule has 2 aromatic rings. The Hall–Kier alpha value is -2.90. The number of ether oxygens (including phenoxy) is 2. The third-order valence-corrected chi connectivity index (χ3v) is 3.64. The molecule has 0 spiro atoms. The van der Waals surface area contributed by atoms with Crippen molar-refractivity contribution in [3.05, 3.63) is 46.2 Å². The number of esters is 2. The van der Waals surface area contributed by atoms with Gasteiger partial charge in [0.1, 0.15) is 17.3 Å². The highest BCUT2D eigenvalue weighted by molar-refractivity contribution is 5.96. The number of rotatable bonds is 8. The standard InChI is InChI=1S/C17H19NO7/c1-3-23-16(19)15(17(20)24-4-2)12(10-18(21)22)14-9-11-7-5-6-8-13(11)25-14/h5-9,12,15H,3-4,10H2,1-2H3. The lowest BCUT2D eigenvalue weighted by molar-refractivity contribution is -0.484. The minimum atomic E-state index is -1.47. The molecular weight excluding hydrogens is 330 g/mol. The molecule has 25 heavy (non-hydrogen) atoms. The molecule has 0 aliphatic carbocycles. The number of hydrogen-bond donors (Lipinski definition) is 0. The van der Waals surface area contributed by atoms with Gasteiger partial charge in [0.2, 0.25) is 6.54 Å². The zero-order valence-electron chi connectivity index (χ0n) is 14.0. The fraction of sp³-hybridized carbons (Fsp3) is 0.412. The maximum absolute atomic E-state index is 12.3. The molecule has 0 saturated heterocycles. The average molecular weight is 349 g/mol. The van der Waals surface area contributed by atoms with Crippen LogP contribution in [0.4, 0.5) is 0 Å². The SMILES string of the molecule is CCOC(=O)C(C(=O)OCC)C(C[N+](=O)[O-])c1cc2ccccc2o1. The first-order chi connectivity index (χ1) is 12.0. The number of hydrogen-bond acceptors (Lipinski definition) is 7. The summed E-state index contributed by atoms with van der Waals surface area (Å²) < 4.78 is 15.5. The van der Waals surface area contributed by atoms with Crippen LogP contribution in [0.3, 0.4) is 0 Å². The lowest BCUT2D eigenvalue weighted by Gasteiger charge is -2.19. The molecule has 0 N–H and O–H groups in total. The lowest BCUT2D eigenvalue weighted by atomic mass is 9.89. The molecule has 0 fully saturated rings. The summed E-state index contributed by atoms with van der Waals surface area (Å²) in [7, 11) is 0. The van der Waals surface area contributed by atoms with Crippen molar-refractivity contribution < 1.29 is 28.4 Å². The number of carbonyl (C=O) groups excluding carboxylic acids is 2. The third kappa shape index (κ3) is 4.34. The molecule has 1 aromatic heterocycles. The van der Waals surface area contributed by atoms with E-state index in [9.17, 15) is 19.7 Å². The van der Waals surface area contributed by atoms with Crippen LogP contribution in [0.2, 0.25) is 0 Å². The zero-order chi connectivity index (χ0) is 18.4. The molecule has 2 rings (SSSR count). The zero-order valence-corrected chi connectivity index (χ0v) is 14.0. The third-order valence-electron chi connectivity index (χ3n) is 3.64. The summed E-state index contributed by atoms with van der Waals surface area (Å²) in [6.07, 6.45) is 0. The Morgan fingerprint density at radius 2 is 1.76 bits per heavy atom. The second-order valence-corrected chi connectivity index (χ2v) is 5.29. The van der Waals surface area contributed by atoms with Gasteiger partial charge in [-0.1, -0.05) is 18.2 Å². The summed E-state index contributed by atoms with van der Waals surface area (Å²) in [5.41, 5.74) is 0.511. The molecule has 1 unspecified atom stereocenters. The van der Waals surface area contributed by atoms with E-state index < -0.39 is 35.2 Å². The molecule has 8 nitrogen and oxygen atoms in total. The molecular formula is C17H19NO7. The molecule has 1 heterocycles. The minimum Gasteiger partial charge on any atom is -0.465 e. The second-order valence-electron chi connectivity index (χ2n) is 5.29. The Balaban J connectivity index is 2.48. The van der Waals surface area contributed by atoms with E-state index in [2.05, 4.69) is 0 Å². The number of fused-ring (bicyclic) bond motifs is 1. The Labute approximate surface area is 143 Å². The fourth-order valence-corrected chi connectivity index (χ4v) is 2.59. The van der Waals surface area contributed by atoms with Crippen molar-refractivity contribution in [1.82, 2.24) is 0 Å². The van der Waals surface area contributed by atoms with Crippen LogP contribution in [0.1, 0.15) is 25.5 Å². The molecule has 0 aliphatic heterocycles. The van der Waals surface area contributed by atoms with Gasteiger partial charge in [0.25, 0.3) is 0 Å². The number of furan rings is 1. The quantitative estimate of drug-likeness (QED) is 0.312. The van der Waals surface area contributed by atoms with E-state index in [-0.39, 0.29) is 19.0 Å². The molecule has 0 saturated carbocycles. The minimum absolute atomic E-state index is 0.0417. The molecule has 0 amide bonds. The maximum atomic E-state index is 12.3. The number of para-hydroxylation sites is 1. The Bertz CT molecular complexity index is 716. The van der Waals surface area contributed by atoms with E-state index in [1.807, 2.05) is 0 Å². The Morgan fingerprint density at radius 3 is 2.28 bits per heavy atom. The predicted octanol–water partition coefficient (Wildman–Crippen LogP) is 2.54. The highest BCUT2D eigenvalue weighted by Gasteiger charge is 2.43. The van der Waals surface area contributed by atoms with Crippen molar-refractivity contribution in [1.29, 1.82) is 0 Å². The van der Waals surface area contributed by atoms with Crippen LogP contribution in [0, 0.1) is 16.0 Å². The Morgan fingerprint density at radius 1 is 1.16 bits per heavy atom. The van der Waals surface area contributed by atoms with Crippen LogP contribution >= 0.6 is 0 Å². The smallest absolute Gasteiger partial charge is 0.321 e. The van der Waals surface area contributed by atoms with Crippen molar-refractivity contribution in [2.45, 2.75) is 19.8 Å². The highest BCUT2D eigenvalue weighted by atomic mass is 16.6. The largest absolute Gasteiger partial charge is 0.465 e. The number of carbonyl (C=O) groups is 2. The molecule has 0 aliphatic rings. The van der Waals surface area contributed by atoms with Gasteiger partial charge in [-0.05, 0) is 26.0 Å². The summed E-state index contributed by atoms with van der Waals surface area (Å²) in [5.74, 6) is -4.16. The van der Waals surface area contributed by atoms with Crippen molar-refractivity contribution in [2.75, 3.05) is 19.8 Å². The lowest BCUT2D eigenvalue weighted by Crippen LogP contribution is -2.36. The first-order valence-corrected chi connectivity index (χ1v) is 7.91. The molecule has 8 heteroatoms. The maximum Gasteiger partial charge on any atom is 0.321 e. The van der Waals surface area contributed by atoms with Crippen molar-refractivity contribution in [3.8, 4) is 0 Å². The van der Waals surface area contributed by atoms with Gasteiger partial charge in [-0.3, -0.25) is 19.7 Å². The van der Waals surface area contributed by atoms with Gasteiger partial charge < -0.3 is 13.9 Å². The van der Waals surface area contributed by atoms with Gasteiger partial charge in [-0.2, -0.15) is 0 Å². The summed E-state index contributed by atoms with van der Waals surface area (Å²) in [6.45, 7) is 2.59.